The van der Waals surface area contributed by atoms with Crippen LogP contribution in [0.3, 0.4) is 0 Å². The number of nitrogens with zero attached hydrogens (tertiary/aromatic N) is 1. The summed E-state index contributed by atoms with van der Waals surface area (Å²) in [5.74, 6) is 2.62. The maximum atomic E-state index is 11.9. The lowest BCUT2D eigenvalue weighted by atomic mass is 10.1. The quantitative estimate of drug-likeness (QED) is 0.306. The summed E-state index contributed by atoms with van der Waals surface area (Å²) in [6, 6.07) is 8.05. The van der Waals surface area contributed by atoms with E-state index in [-0.39, 0.29) is 11.9 Å². The van der Waals surface area contributed by atoms with E-state index in [1.54, 1.807) is 29.8 Å². The first-order valence-corrected chi connectivity index (χ1v) is 9.66. The van der Waals surface area contributed by atoms with Crippen LogP contribution in [0.4, 0.5) is 0 Å². The zero-order chi connectivity index (χ0) is 16.5. The smallest absolute Gasteiger partial charge is 0.310 e. The highest BCUT2D eigenvalue weighted by atomic mass is 32.2. The molecule has 6 heteroatoms. The molecule has 2 rings (SSSR count). The van der Waals surface area contributed by atoms with E-state index in [0.29, 0.717) is 13.2 Å². The molecule has 0 saturated carbocycles. The van der Waals surface area contributed by atoms with Crippen molar-refractivity contribution in [3.8, 4) is 5.75 Å². The van der Waals surface area contributed by atoms with E-state index in [2.05, 4.69) is 23.0 Å². The molecule has 0 aliphatic carbocycles. The number of thioether (sulfide) groups is 1. The van der Waals surface area contributed by atoms with Gasteiger partial charge in [0.15, 0.2) is 0 Å². The monoisotopic (exact) mass is 353 g/mol. The number of carbonyl (C=O) groups is 1. The highest BCUT2D eigenvalue weighted by Crippen LogP contribution is 2.30. The standard InChI is InChI=1S/C17H23NO3S2/c1-3-10-21-15-5-7-16(8-6-15)22-13-18-12-14(9-11-23-18)17(19)20-4-2/h3,5-8,14H,1,4,9-13H2,2H3. The predicted octanol–water partition coefficient (Wildman–Crippen LogP) is 3.83. The van der Waals surface area contributed by atoms with Crippen molar-refractivity contribution in [2.75, 3.05) is 31.4 Å². The molecule has 1 atom stereocenters. The van der Waals surface area contributed by atoms with Gasteiger partial charge in [-0.1, -0.05) is 24.6 Å². The van der Waals surface area contributed by atoms with Gasteiger partial charge in [0.25, 0.3) is 0 Å². The molecule has 1 heterocycles. The Kier molecular flexibility index (Phi) is 7.85. The van der Waals surface area contributed by atoms with Gasteiger partial charge in [-0.3, -0.25) is 4.79 Å². The molecule has 0 aromatic heterocycles. The third-order valence-corrected chi connectivity index (χ3v) is 5.62. The van der Waals surface area contributed by atoms with Crippen molar-refractivity contribution in [1.29, 1.82) is 0 Å². The highest BCUT2D eigenvalue weighted by molar-refractivity contribution is 8.01. The summed E-state index contributed by atoms with van der Waals surface area (Å²) in [4.78, 5) is 13.0. The van der Waals surface area contributed by atoms with Gasteiger partial charge in [0.05, 0.1) is 18.4 Å². The second kappa shape index (κ2) is 9.90. The Morgan fingerprint density at radius 3 is 2.96 bits per heavy atom. The van der Waals surface area contributed by atoms with Crippen LogP contribution >= 0.6 is 23.7 Å². The van der Waals surface area contributed by atoms with Gasteiger partial charge < -0.3 is 9.47 Å². The first-order valence-electron chi connectivity index (χ1n) is 7.74. The summed E-state index contributed by atoms with van der Waals surface area (Å²) in [7, 11) is 0. The van der Waals surface area contributed by atoms with Crippen LogP contribution in [-0.4, -0.2) is 41.7 Å². The molecule has 1 saturated heterocycles. The summed E-state index contributed by atoms with van der Waals surface area (Å²) >= 11 is 3.57. The molecule has 1 fully saturated rings. The van der Waals surface area contributed by atoms with E-state index < -0.39 is 0 Å². The van der Waals surface area contributed by atoms with Gasteiger partial charge >= 0.3 is 5.97 Å². The molecule has 1 aromatic carbocycles. The van der Waals surface area contributed by atoms with Crippen LogP contribution in [0.5, 0.6) is 5.75 Å². The summed E-state index contributed by atoms with van der Waals surface area (Å²) in [5, 5.41) is 0. The van der Waals surface area contributed by atoms with Gasteiger partial charge in [0, 0.05) is 17.2 Å². The molecule has 0 spiro atoms. The number of rotatable bonds is 8. The van der Waals surface area contributed by atoms with Gasteiger partial charge in [0.1, 0.15) is 12.4 Å². The van der Waals surface area contributed by atoms with Crippen LogP contribution in [0.25, 0.3) is 0 Å². The molecule has 1 aliphatic heterocycles. The molecule has 0 bridgehead atoms. The highest BCUT2D eigenvalue weighted by Gasteiger charge is 2.27. The molecule has 1 unspecified atom stereocenters. The zero-order valence-electron chi connectivity index (χ0n) is 13.4. The van der Waals surface area contributed by atoms with Crippen molar-refractivity contribution in [3.05, 3.63) is 36.9 Å². The summed E-state index contributed by atoms with van der Waals surface area (Å²) in [6.45, 7) is 7.22. The number of hydrogen-bond acceptors (Lipinski definition) is 6. The average molecular weight is 354 g/mol. The number of benzene rings is 1. The van der Waals surface area contributed by atoms with Crippen molar-refractivity contribution in [1.82, 2.24) is 4.31 Å². The van der Waals surface area contributed by atoms with Crippen molar-refractivity contribution < 1.29 is 14.3 Å². The third kappa shape index (κ3) is 6.12. The fourth-order valence-electron chi connectivity index (χ4n) is 2.19. The van der Waals surface area contributed by atoms with Gasteiger partial charge in [0.2, 0.25) is 0 Å². The minimum absolute atomic E-state index is 0.00600. The van der Waals surface area contributed by atoms with Crippen LogP contribution in [0.2, 0.25) is 0 Å². The van der Waals surface area contributed by atoms with E-state index >= 15 is 0 Å². The Labute approximate surface area is 146 Å². The summed E-state index contributed by atoms with van der Waals surface area (Å²) in [5.41, 5.74) is 0. The third-order valence-electron chi connectivity index (χ3n) is 3.35. The van der Waals surface area contributed by atoms with Crippen molar-refractivity contribution in [2.24, 2.45) is 5.92 Å². The maximum absolute atomic E-state index is 11.9. The number of ether oxygens (including phenoxy) is 2. The van der Waals surface area contributed by atoms with Crippen molar-refractivity contribution >= 4 is 29.7 Å². The van der Waals surface area contributed by atoms with Crippen LogP contribution in [0.1, 0.15) is 13.3 Å². The zero-order valence-corrected chi connectivity index (χ0v) is 15.0. The summed E-state index contributed by atoms with van der Waals surface area (Å²) in [6.07, 6.45) is 2.64. The average Bonchev–Trinajstić information content (AvgIpc) is 2.59. The van der Waals surface area contributed by atoms with Crippen LogP contribution in [0, 0.1) is 5.92 Å². The van der Waals surface area contributed by atoms with Gasteiger partial charge in [-0.2, -0.15) is 0 Å². The fourth-order valence-corrected chi connectivity index (χ4v) is 4.31. The summed E-state index contributed by atoms with van der Waals surface area (Å²) < 4.78 is 12.9. The molecule has 1 aromatic rings. The molecular weight excluding hydrogens is 330 g/mol. The van der Waals surface area contributed by atoms with Crippen molar-refractivity contribution in [2.45, 2.75) is 18.2 Å². The van der Waals surface area contributed by atoms with E-state index in [1.165, 1.54) is 4.90 Å². The van der Waals surface area contributed by atoms with E-state index in [4.69, 9.17) is 9.47 Å². The maximum Gasteiger partial charge on any atom is 0.310 e. The fraction of sp³-hybridized carbons (Fsp3) is 0.471. The number of esters is 1. The van der Waals surface area contributed by atoms with Gasteiger partial charge in [-0.05, 0) is 37.6 Å². The lowest BCUT2D eigenvalue weighted by Gasteiger charge is -2.29. The minimum atomic E-state index is -0.0634. The topological polar surface area (TPSA) is 38.8 Å². The van der Waals surface area contributed by atoms with E-state index in [9.17, 15) is 4.79 Å². The Bertz CT molecular complexity index is 507. The molecule has 4 nitrogen and oxygen atoms in total. The molecule has 0 amide bonds. The van der Waals surface area contributed by atoms with Crippen LogP contribution < -0.4 is 4.74 Å². The van der Waals surface area contributed by atoms with Crippen LogP contribution in [0.15, 0.2) is 41.8 Å². The molecule has 0 radical (unpaired) electrons. The normalized spacial score (nSPS) is 18.4. The second-order valence-corrected chi connectivity index (χ2v) is 7.28. The number of hydrogen-bond donors (Lipinski definition) is 0. The van der Waals surface area contributed by atoms with Gasteiger partial charge in [-0.25, -0.2) is 4.31 Å². The molecular formula is C17H23NO3S2. The Hall–Kier alpha value is -1.11. The Balaban J connectivity index is 1.78. The first-order chi connectivity index (χ1) is 11.2. The predicted molar refractivity (Wildman–Crippen MR) is 96.8 cm³/mol. The van der Waals surface area contributed by atoms with Gasteiger partial charge in [-0.15, -0.1) is 11.8 Å². The first kappa shape index (κ1) is 18.2. The Morgan fingerprint density at radius 2 is 2.26 bits per heavy atom. The molecule has 1 aliphatic rings. The molecule has 0 N–H and O–H groups in total. The molecule has 23 heavy (non-hydrogen) atoms. The van der Waals surface area contributed by atoms with Crippen molar-refractivity contribution in [3.63, 3.8) is 0 Å². The lowest BCUT2D eigenvalue weighted by Crippen LogP contribution is -2.34. The SMILES string of the molecule is C=CCOc1ccc(SCN2CC(C(=O)OCC)CCS2)cc1. The van der Waals surface area contributed by atoms with E-state index in [1.807, 2.05) is 19.1 Å². The Morgan fingerprint density at radius 1 is 1.48 bits per heavy atom. The van der Waals surface area contributed by atoms with Crippen LogP contribution in [-0.2, 0) is 9.53 Å². The molecule has 126 valence electrons. The largest absolute Gasteiger partial charge is 0.490 e. The lowest BCUT2D eigenvalue weighted by molar-refractivity contribution is -0.148. The second-order valence-electron chi connectivity index (χ2n) is 5.08. The van der Waals surface area contributed by atoms with E-state index in [0.717, 1.165) is 30.3 Å². The minimum Gasteiger partial charge on any atom is -0.490 e. The number of carbonyl (C=O) groups excluding carboxylic acids is 1.